The maximum Gasteiger partial charge on any atom is 0.343 e. The Labute approximate surface area is 146 Å². The summed E-state index contributed by atoms with van der Waals surface area (Å²) in [4.78, 5) is 48.6. The van der Waals surface area contributed by atoms with Crippen molar-refractivity contribution in [2.45, 2.75) is 6.92 Å². The number of amides is 2. The largest absolute Gasteiger partial charge is 0.465 e. The molecule has 1 aromatic heterocycles. The van der Waals surface area contributed by atoms with Crippen molar-refractivity contribution in [2.75, 3.05) is 13.2 Å². The average molecular weight is 359 g/mol. The van der Waals surface area contributed by atoms with Crippen LogP contribution in [0.3, 0.4) is 0 Å². The third kappa shape index (κ3) is 3.48. The predicted molar refractivity (Wildman–Crippen MR) is 91.8 cm³/mol. The predicted octanol–water partition coefficient (Wildman–Crippen LogP) is 2.39. The smallest absolute Gasteiger partial charge is 0.343 e. The molecule has 1 saturated heterocycles. The highest BCUT2D eigenvalue weighted by molar-refractivity contribution is 8.18. The number of rotatable bonds is 4. The minimum Gasteiger partial charge on any atom is -0.465 e. The molecule has 0 saturated carbocycles. The highest BCUT2D eigenvalue weighted by Gasteiger charge is 2.36. The number of hydrogen-bond donors (Lipinski definition) is 0. The fourth-order valence-corrected chi connectivity index (χ4v) is 3.12. The van der Waals surface area contributed by atoms with Crippen LogP contribution in [0.2, 0.25) is 0 Å². The Morgan fingerprint density at radius 2 is 2.04 bits per heavy atom. The van der Waals surface area contributed by atoms with Gasteiger partial charge >= 0.3 is 11.6 Å². The second-order valence-corrected chi connectivity index (χ2v) is 6.09. The summed E-state index contributed by atoms with van der Waals surface area (Å²) in [6, 6.07) is 8.54. The van der Waals surface area contributed by atoms with Gasteiger partial charge in [0.2, 0.25) is 0 Å². The van der Waals surface area contributed by atoms with Crippen molar-refractivity contribution in [1.29, 1.82) is 0 Å². The van der Waals surface area contributed by atoms with Crippen LogP contribution in [0.4, 0.5) is 4.79 Å². The van der Waals surface area contributed by atoms with E-state index in [1.165, 1.54) is 6.08 Å². The summed E-state index contributed by atoms with van der Waals surface area (Å²) in [7, 11) is 0. The quantitative estimate of drug-likeness (QED) is 0.470. The van der Waals surface area contributed by atoms with Gasteiger partial charge < -0.3 is 9.15 Å². The first-order chi connectivity index (χ1) is 12.0. The molecule has 0 atom stereocenters. The lowest BCUT2D eigenvalue weighted by Crippen LogP contribution is -2.34. The lowest BCUT2D eigenvalue weighted by atomic mass is 10.2. The molecule has 0 aliphatic carbocycles. The molecule has 1 aliphatic heterocycles. The van der Waals surface area contributed by atoms with E-state index in [4.69, 9.17) is 9.15 Å². The third-order valence-electron chi connectivity index (χ3n) is 3.42. The van der Waals surface area contributed by atoms with Gasteiger partial charge in [0.1, 0.15) is 12.1 Å². The van der Waals surface area contributed by atoms with Gasteiger partial charge in [-0.2, -0.15) is 0 Å². The summed E-state index contributed by atoms with van der Waals surface area (Å²) in [6.07, 6.45) is 1.30. The lowest BCUT2D eigenvalue weighted by molar-refractivity contribution is -0.145. The van der Waals surface area contributed by atoms with Crippen molar-refractivity contribution in [3.63, 3.8) is 0 Å². The standard InChI is InChI=1S/C17H13NO6S/c1-2-23-14(19)9-18-15(20)13(25-17(18)22)8-11-7-10-5-3-4-6-12(10)24-16(11)21/h3-8H,2,9H2,1H3/b13-8+. The van der Waals surface area contributed by atoms with Crippen LogP contribution in [0.25, 0.3) is 17.0 Å². The zero-order valence-corrected chi connectivity index (χ0v) is 14.0. The van der Waals surface area contributed by atoms with E-state index in [0.29, 0.717) is 22.7 Å². The summed E-state index contributed by atoms with van der Waals surface area (Å²) >= 11 is 0.661. The number of para-hydroxylation sites is 1. The molecular formula is C17H13NO6S. The van der Waals surface area contributed by atoms with Crippen LogP contribution in [-0.4, -0.2) is 35.2 Å². The minimum atomic E-state index is -0.670. The maximum atomic E-state index is 12.3. The first-order valence-corrected chi connectivity index (χ1v) is 8.25. The third-order valence-corrected chi connectivity index (χ3v) is 4.33. The van der Waals surface area contributed by atoms with E-state index in [-0.39, 0.29) is 17.1 Å². The number of imide groups is 1. The first kappa shape index (κ1) is 17.0. The van der Waals surface area contributed by atoms with Gasteiger partial charge in [-0.15, -0.1) is 0 Å². The van der Waals surface area contributed by atoms with Gasteiger partial charge in [0, 0.05) is 5.39 Å². The van der Waals surface area contributed by atoms with Crippen LogP contribution in [-0.2, 0) is 14.3 Å². The Morgan fingerprint density at radius 1 is 1.28 bits per heavy atom. The van der Waals surface area contributed by atoms with E-state index < -0.39 is 29.3 Å². The number of carbonyl (C=O) groups excluding carboxylic acids is 3. The maximum absolute atomic E-state index is 12.3. The fraction of sp³-hybridized carbons (Fsp3) is 0.176. The number of thioether (sulfide) groups is 1. The van der Waals surface area contributed by atoms with E-state index >= 15 is 0 Å². The highest BCUT2D eigenvalue weighted by Crippen LogP contribution is 2.32. The average Bonchev–Trinajstić information content (AvgIpc) is 2.83. The summed E-state index contributed by atoms with van der Waals surface area (Å²) in [5.74, 6) is -1.31. The Balaban J connectivity index is 1.90. The number of carbonyl (C=O) groups is 3. The summed E-state index contributed by atoms with van der Waals surface area (Å²) < 4.78 is 9.94. The Morgan fingerprint density at radius 3 is 2.80 bits per heavy atom. The summed E-state index contributed by atoms with van der Waals surface area (Å²) in [5.41, 5.74) is -0.0312. The van der Waals surface area contributed by atoms with Gasteiger partial charge in [-0.3, -0.25) is 19.3 Å². The molecule has 0 bridgehead atoms. The van der Waals surface area contributed by atoms with E-state index in [1.54, 1.807) is 37.3 Å². The number of hydrogen-bond acceptors (Lipinski definition) is 7. The van der Waals surface area contributed by atoms with Crippen LogP contribution in [0, 0.1) is 0 Å². The molecule has 8 heteroatoms. The molecule has 0 unspecified atom stereocenters. The molecule has 0 radical (unpaired) electrons. The molecule has 1 fully saturated rings. The van der Waals surface area contributed by atoms with Crippen molar-refractivity contribution in [2.24, 2.45) is 0 Å². The van der Waals surface area contributed by atoms with E-state index in [9.17, 15) is 19.2 Å². The molecular weight excluding hydrogens is 346 g/mol. The number of ether oxygens (including phenoxy) is 1. The Hall–Kier alpha value is -2.87. The number of benzene rings is 1. The highest BCUT2D eigenvalue weighted by atomic mass is 32.2. The lowest BCUT2D eigenvalue weighted by Gasteiger charge is -2.10. The van der Waals surface area contributed by atoms with Crippen LogP contribution >= 0.6 is 11.8 Å². The molecule has 2 aromatic rings. The van der Waals surface area contributed by atoms with Crippen LogP contribution in [0.15, 0.2) is 44.4 Å². The van der Waals surface area contributed by atoms with Crippen molar-refractivity contribution >= 4 is 45.9 Å². The van der Waals surface area contributed by atoms with E-state index in [0.717, 1.165) is 4.90 Å². The molecule has 1 aromatic carbocycles. The van der Waals surface area contributed by atoms with E-state index in [1.807, 2.05) is 0 Å². The van der Waals surface area contributed by atoms with Gasteiger partial charge in [0.05, 0.1) is 17.1 Å². The SMILES string of the molecule is CCOC(=O)CN1C(=O)S/C(=C/c2cc3ccccc3oc2=O)C1=O. The molecule has 25 heavy (non-hydrogen) atoms. The summed E-state index contributed by atoms with van der Waals surface area (Å²) in [5, 5.41) is 0.105. The second-order valence-electron chi connectivity index (χ2n) is 5.10. The number of esters is 1. The van der Waals surface area contributed by atoms with Gasteiger partial charge in [-0.25, -0.2) is 4.79 Å². The molecule has 128 valence electrons. The Bertz CT molecular complexity index is 961. The molecule has 0 spiro atoms. The van der Waals surface area contributed by atoms with Crippen molar-refractivity contribution in [3.8, 4) is 0 Å². The molecule has 3 rings (SSSR count). The van der Waals surface area contributed by atoms with Gasteiger partial charge in [-0.1, -0.05) is 18.2 Å². The minimum absolute atomic E-state index is 0.0527. The van der Waals surface area contributed by atoms with Crippen molar-refractivity contribution < 1.29 is 23.5 Å². The topological polar surface area (TPSA) is 93.9 Å². The van der Waals surface area contributed by atoms with Gasteiger partial charge in [0.25, 0.3) is 11.1 Å². The monoisotopic (exact) mass is 359 g/mol. The van der Waals surface area contributed by atoms with Crippen LogP contribution in [0.5, 0.6) is 0 Å². The summed E-state index contributed by atoms with van der Waals surface area (Å²) in [6.45, 7) is 1.33. The molecule has 7 nitrogen and oxygen atoms in total. The normalized spacial score (nSPS) is 16.0. The van der Waals surface area contributed by atoms with Gasteiger partial charge in [0.15, 0.2) is 0 Å². The van der Waals surface area contributed by atoms with E-state index in [2.05, 4.69) is 0 Å². The van der Waals surface area contributed by atoms with Crippen LogP contribution < -0.4 is 5.63 Å². The molecule has 2 heterocycles. The molecule has 2 amide bonds. The molecule has 0 N–H and O–H groups in total. The van der Waals surface area contributed by atoms with Crippen molar-refractivity contribution in [3.05, 3.63) is 51.2 Å². The van der Waals surface area contributed by atoms with Gasteiger partial charge in [-0.05, 0) is 36.9 Å². The zero-order chi connectivity index (χ0) is 18.0. The molecule has 1 aliphatic rings. The zero-order valence-electron chi connectivity index (χ0n) is 13.2. The fourth-order valence-electron chi connectivity index (χ4n) is 2.29. The first-order valence-electron chi connectivity index (χ1n) is 7.43. The second kappa shape index (κ2) is 6.94. The van der Waals surface area contributed by atoms with Crippen LogP contribution in [0.1, 0.15) is 12.5 Å². The number of nitrogens with zero attached hydrogens (tertiary/aromatic N) is 1. The van der Waals surface area contributed by atoms with Crippen molar-refractivity contribution in [1.82, 2.24) is 4.90 Å². The number of fused-ring (bicyclic) bond motifs is 1. The Kier molecular flexibility index (Phi) is 4.71.